The Balaban J connectivity index is 2.16. The lowest BCUT2D eigenvalue weighted by atomic mass is 10.0. The van der Waals surface area contributed by atoms with E-state index < -0.39 is 12.5 Å². The molecule has 1 aliphatic heterocycles. The van der Waals surface area contributed by atoms with Gasteiger partial charge in [0.05, 0.1) is 6.04 Å². The first kappa shape index (κ1) is 11.5. The van der Waals surface area contributed by atoms with E-state index in [0.717, 1.165) is 31.5 Å². The minimum Gasteiger partial charge on any atom is -0.291 e. The van der Waals surface area contributed by atoms with Crippen molar-refractivity contribution in [3.05, 3.63) is 35.9 Å². The lowest BCUT2D eigenvalue weighted by molar-refractivity contribution is 0.0148. The van der Waals surface area contributed by atoms with Crippen molar-refractivity contribution in [1.29, 1.82) is 0 Å². The van der Waals surface area contributed by atoms with Gasteiger partial charge in [0, 0.05) is 0 Å². The van der Waals surface area contributed by atoms with E-state index in [0.29, 0.717) is 0 Å². The van der Waals surface area contributed by atoms with Gasteiger partial charge in [-0.3, -0.25) is 4.90 Å². The van der Waals surface area contributed by atoms with Gasteiger partial charge in [-0.25, -0.2) is 8.78 Å². The number of hydrogen-bond acceptors (Lipinski definition) is 1. The second-order valence-electron chi connectivity index (χ2n) is 4.29. The van der Waals surface area contributed by atoms with E-state index in [1.54, 1.807) is 12.1 Å². The number of hydrogen-bond donors (Lipinski definition) is 0. The van der Waals surface area contributed by atoms with Crippen molar-refractivity contribution < 1.29 is 8.78 Å². The summed E-state index contributed by atoms with van der Waals surface area (Å²) in [4.78, 5) is 1.92. The molecule has 2 rings (SSSR count). The van der Waals surface area contributed by atoms with E-state index in [1.807, 2.05) is 23.1 Å². The van der Waals surface area contributed by atoms with Crippen LogP contribution in [0, 0.1) is 0 Å². The standard InChI is InChI=1S/C13H17F2N/c14-13(15)12(11-7-3-1-4-8-11)16-9-5-2-6-10-16/h1,3-4,7-8,12-13H,2,5-6,9-10H2. The highest BCUT2D eigenvalue weighted by Gasteiger charge is 2.29. The van der Waals surface area contributed by atoms with E-state index in [4.69, 9.17) is 0 Å². The summed E-state index contributed by atoms with van der Waals surface area (Å²) in [6, 6.07) is 8.39. The zero-order valence-electron chi connectivity index (χ0n) is 9.28. The molecular weight excluding hydrogens is 208 g/mol. The maximum atomic E-state index is 13.1. The number of nitrogens with zero attached hydrogens (tertiary/aromatic N) is 1. The fourth-order valence-corrected chi connectivity index (χ4v) is 2.36. The molecule has 88 valence electrons. The van der Waals surface area contributed by atoms with Crippen molar-refractivity contribution in [2.24, 2.45) is 0 Å². The van der Waals surface area contributed by atoms with Gasteiger partial charge in [-0.1, -0.05) is 36.8 Å². The summed E-state index contributed by atoms with van der Waals surface area (Å²) >= 11 is 0. The Morgan fingerprint density at radius 1 is 0.938 bits per heavy atom. The second-order valence-corrected chi connectivity index (χ2v) is 4.29. The molecule has 0 aromatic heterocycles. The van der Waals surface area contributed by atoms with Gasteiger partial charge in [0.1, 0.15) is 0 Å². The first-order chi connectivity index (χ1) is 7.79. The predicted octanol–water partition coefficient (Wildman–Crippen LogP) is 3.48. The molecule has 16 heavy (non-hydrogen) atoms. The van der Waals surface area contributed by atoms with Crippen molar-refractivity contribution >= 4 is 0 Å². The van der Waals surface area contributed by atoms with Crippen LogP contribution in [0.4, 0.5) is 8.78 Å². The van der Waals surface area contributed by atoms with Crippen LogP contribution in [0.1, 0.15) is 30.9 Å². The van der Waals surface area contributed by atoms with Crippen LogP contribution in [0.15, 0.2) is 30.3 Å². The van der Waals surface area contributed by atoms with E-state index in [1.165, 1.54) is 6.42 Å². The SMILES string of the molecule is FC(F)C(c1ccccc1)N1CCCCC1. The Bertz CT molecular complexity index is 307. The summed E-state index contributed by atoms with van der Waals surface area (Å²) in [5, 5.41) is 0. The van der Waals surface area contributed by atoms with Crippen LogP contribution in [-0.4, -0.2) is 24.4 Å². The maximum absolute atomic E-state index is 13.1. The number of rotatable bonds is 3. The van der Waals surface area contributed by atoms with Gasteiger partial charge in [0.15, 0.2) is 0 Å². The zero-order valence-corrected chi connectivity index (χ0v) is 9.28. The Kier molecular flexibility index (Phi) is 3.88. The van der Waals surface area contributed by atoms with E-state index >= 15 is 0 Å². The maximum Gasteiger partial charge on any atom is 0.258 e. The molecule has 1 unspecified atom stereocenters. The molecule has 1 heterocycles. The van der Waals surface area contributed by atoms with Crippen LogP contribution in [0.25, 0.3) is 0 Å². The van der Waals surface area contributed by atoms with E-state index in [9.17, 15) is 8.78 Å². The molecule has 0 bridgehead atoms. The largest absolute Gasteiger partial charge is 0.291 e. The van der Waals surface area contributed by atoms with Crippen LogP contribution in [-0.2, 0) is 0 Å². The van der Waals surface area contributed by atoms with Gasteiger partial charge in [0.2, 0.25) is 0 Å². The lowest BCUT2D eigenvalue weighted by Crippen LogP contribution is -2.37. The molecule has 1 aromatic rings. The fraction of sp³-hybridized carbons (Fsp3) is 0.538. The van der Waals surface area contributed by atoms with Gasteiger partial charge in [-0.15, -0.1) is 0 Å². The van der Waals surface area contributed by atoms with Crippen molar-refractivity contribution in [1.82, 2.24) is 4.90 Å². The summed E-state index contributed by atoms with van der Waals surface area (Å²) in [6.45, 7) is 1.59. The van der Waals surface area contributed by atoms with Crippen LogP contribution in [0.2, 0.25) is 0 Å². The van der Waals surface area contributed by atoms with Crippen molar-refractivity contribution in [3.8, 4) is 0 Å². The molecule has 1 saturated heterocycles. The number of benzene rings is 1. The summed E-state index contributed by atoms with van der Waals surface area (Å²) in [7, 11) is 0. The van der Waals surface area contributed by atoms with Crippen LogP contribution < -0.4 is 0 Å². The summed E-state index contributed by atoms with van der Waals surface area (Å²) < 4.78 is 26.3. The monoisotopic (exact) mass is 225 g/mol. The first-order valence-corrected chi connectivity index (χ1v) is 5.86. The predicted molar refractivity (Wildman–Crippen MR) is 60.6 cm³/mol. The van der Waals surface area contributed by atoms with Crippen LogP contribution in [0.3, 0.4) is 0 Å². The van der Waals surface area contributed by atoms with Crippen LogP contribution in [0.5, 0.6) is 0 Å². The average molecular weight is 225 g/mol. The minimum absolute atomic E-state index is 0.721. The van der Waals surface area contributed by atoms with Crippen molar-refractivity contribution in [3.63, 3.8) is 0 Å². The second kappa shape index (κ2) is 5.39. The van der Waals surface area contributed by atoms with Gasteiger partial charge in [-0.2, -0.15) is 0 Å². The van der Waals surface area contributed by atoms with Crippen molar-refractivity contribution in [2.45, 2.75) is 31.7 Å². The van der Waals surface area contributed by atoms with Crippen LogP contribution >= 0.6 is 0 Å². The molecule has 1 aliphatic rings. The quantitative estimate of drug-likeness (QED) is 0.761. The lowest BCUT2D eigenvalue weighted by Gasteiger charge is -2.34. The van der Waals surface area contributed by atoms with E-state index in [2.05, 4.69) is 0 Å². The molecule has 3 heteroatoms. The number of halogens is 2. The van der Waals surface area contributed by atoms with Gasteiger partial charge >= 0.3 is 0 Å². The highest BCUT2D eigenvalue weighted by atomic mass is 19.3. The third-order valence-electron chi connectivity index (χ3n) is 3.16. The zero-order chi connectivity index (χ0) is 11.4. The Labute approximate surface area is 95.1 Å². The van der Waals surface area contributed by atoms with E-state index in [-0.39, 0.29) is 0 Å². The normalized spacial score (nSPS) is 19.9. The van der Waals surface area contributed by atoms with Gasteiger partial charge < -0.3 is 0 Å². The molecule has 1 fully saturated rings. The molecule has 0 aliphatic carbocycles. The fourth-order valence-electron chi connectivity index (χ4n) is 2.36. The molecule has 0 N–H and O–H groups in total. The molecular formula is C13H17F2N. The topological polar surface area (TPSA) is 3.24 Å². The van der Waals surface area contributed by atoms with Crippen molar-refractivity contribution in [2.75, 3.05) is 13.1 Å². The molecule has 1 nitrogen and oxygen atoms in total. The number of alkyl halides is 2. The Morgan fingerprint density at radius 2 is 1.56 bits per heavy atom. The average Bonchev–Trinajstić information content (AvgIpc) is 2.31. The number of likely N-dealkylation sites (tertiary alicyclic amines) is 1. The molecule has 1 aromatic carbocycles. The third-order valence-corrected chi connectivity index (χ3v) is 3.16. The summed E-state index contributed by atoms with van der Waals surface area (Å²) in [5.41, 5.74) is 0.736. The number of piperidine rings is 1. The van der Waals surface area contributed by atoms with Gasteiger partial charge in [-0.05, 0) is 31.5 Å². The molecule has 0 saturated carbocycles. The first-order valence-electron chi connectivity index (χ1n) is 5.86. The Morgan fingerprint density at radius 3 is 2.12 bits per heavy atom. The molecule has 1 atom stereocenters. The summed E-state index contributed by atoms with van der Waals surface area (Å²) in [5.74, 6) is 0. The molecule has 0 amide bonds. The third kappa shape index (κ3) is 2.59. The highest BCUT2D eigenvalue weighted by Crippen LogP contribution is 2.29. The molecule has 0 radical (unpaired) electrons. The molecule has 0 spiro atoms. The highest BCUT2D eigenvalue weighted by molar-refractivity contribution is 5.19. The minimum atomic E-state index is -2.31. The van der Waals surface area contributed by atoms with Gasteiger partial charge in [0.25, 0.3) is 6.43 Å². The smallest absolute Gasteiger partial charge is 0.258 e. The summed E-state index contributed by atoms with van der Waals surface area (Å²) in [6.07, 6.45) is 0.938. The Hall–Kier alpha value is -0.960.